The van der Waals surface area contributed by atoms with Crippen LogP contribution in [0.4, 0.5) is 0 Å². The van der Waals surface area contributed by atoms with Gasteiger partial charge in [0.25, 0.3) is 0 Å². The van der Waals surface area contributed by atoms with Gasteiger partial charge in [-0.1, -0.05) is 22.9 Å². The van der Waals surface area contributed by atoms with Crippen molar-refractivity contribution < 1.29 is 14.7 Å². The molecule has 1 rings (SSSR count). The van der Waals surface area contributed by atoms with Crippen molar-refractivity contribution in [3.8, 4) is 5.75 Å². The fourth-order valence-electron chi connectivity index (χ4n) is 1.05. The van der Waals surface area contributed by atoms with E-state index in [0.717, 1.165) is 16.5 Å². The van der Waals surface area contributed by atoms with E-state index in [2.05, 4.69) is 15.9 Å². The summed E-state index contributed by atoms with van der Waals surface area (Å²) in [5, 5.41) is 17.2. The maximum Gasteiger partial charge on any atom is 0.707 e. The maximum absolute atomic E-state index is 8.62. The molecule has 0 saturated heterocycles. The lowest BCUT2D eigenvalue weighted by Gasteiger charge is -2.09. The van der Waals surface area contributed by atoms with Gasteiger partial charge in [-0.25, -0.2) is 0 Å². The van der Waals surface area contributed by atoms with Crippen LogP contribution >= 0.6 is 15.9 Å². The van der Waals surface area contributed by atoms with Gasteiger partial charge in [-0.05, 0) is 30.2 Å². The molecule has 2 N–H and O–H groups in total. The Balaban J connectivity index is 2.92. The molecule has 0 amide bonds. The molecule has 0 bridgehead atoms. The van der Waals surface area contributed by atoms with Crippen LogP contribution in [-0.4, -0.2) is 17.4 Å². The minimum Gasteiger partial charge on any atom is -0.512 e. The molecule has 5 heteroatoms. The Labute approximate surface area is 85.7 Å². The van der Waals surface area contributed by atoms with Crippen LogP contribution in [-0.2, 0) is 6.42 Å². The highest BCUT2D eigenvalue weighted by atomic mass is 79.9. The van der Waals surface area contributed by atoms with Crippen molar-refractivity contribution in [2.24, 2.45) is 0 Å². The third kappa shape index (κ3) is 3.02. The van der Waals surface area contributed by atoms with Crippen LogP contribution < -0.4 is 4.65 Å². The van der Waals surface area contributed by atoms with E-state index in [4.69, 9.17) is 14.7 Å². The van der Waals surface area contributed by atoms with Crippen molar-refractivity contribution in [3.63, 3.8) is 0 Å². The van der Waals surface area contributed by atoms with E-state index in [1.165, 1.54) is 0 Å². The van der Waals surface area contributed by atoms with E-state index in [1.807, 2.05) is 13.0 Å². The van der Waals surface area contributed by atoms with Gasteiger partial charge >= 0.3 is 7.32 Å². The van der Waals surface area contributed by atoms with Gasteiger partial charge in [0.1, 0.15) is 5.75 Å². The Kier molecular flexibility index (Phi) is 3.78. The van der Waals surface area contributed by atoms with Crippen LogP contribution in [0.15, 0.2) is 22.7 Å². The van der Waals surface area contributed by atoms with E-state index in [1.54, 1.807) is 12.1 Å². The molecule has 1 aromatic carbocycles. The van der Waals surface area contributed by atoms with E-state index in [9.17, 15) is 0 Å². The number of aryl methyl sites for hydroxylation is 1. The first-order valence-corrected chi connectivity index (χ1v) is 4.74. The summed E-state index contributed by atoms with van der Waals surface area (Å²) < 4.78 is 5.73. The topological polar surface area (TPSA) is 49.7 Å². The second kappa shape index (κ2) is 4.65. The summed E-state index contributed by atoms with van der Waals surface area (Å²) in [5.41, 5.74) is 0.933. The van der Waals surface area contributed by atoms with Gasteiger partial charge in [0.05, 0.1) is 0 Å². The molecular formula is C8H10BBrO3. The van der Waals surface area contributed by atoms with Gasteiger partial charge in [-0.15, -0.1) is 0 Å². The zero-order chi connectivity index (χ0) is 9.84. The summed E-state index contributed by atoms with van der Waals surface area (Å²) in [5.74, 6) is 0.501. The summed E-state index contributed by atoms with van der Waals surface area (Å²) in [7, 11) is -1.76. The summed E-state index contributed by atoms with van der Waals surface area (Å²) in [6.07, 6.45) is 0.779. The maximum atomic E-state index is 8.62. The minimum absolute atomic E-state index is 0.501. The Morgan fingerprint density at radius 1 is 1.46 bits per heavy atom. The Morgan fingerprint density at radius 2 is 2.15 bits per heavy atom. The first-order valence-electron chi connectivity index (χ1n) is 3.94. The first kappa shape index (κ1) is 10.6. The fourth-order valence-corrected chi connectivity index (χ4v) is 1.46. The lowest BCUT2D eigenvalue weighted by Crippen LogP contribution is -2.21. The second-order valence-corrected chi connectivity index (χ2v) is 3.47. The Morgan fingerprint density at radius 3 is 2.69 bits per heavy atom. The fraction of sp³-hybridized carbons (Fsp3) is 0.250. The van der Waals surface area contributed by atoms with Crippen molar-refractivity contribution in [1.82, 2.24) is 0 Å². The number of rotatable bonds is 3. The van der Waals surface area contributed by atoms with Gasteiger partial charge in [-0.2, -0.15) is 0 Å². The molecule has 0 saturated carbocycles. The molecule has 0 aliphatic heterocycles. The average molecular weight is 245 g/mol. The smallest absolute Gasteiger partial charge is 0.512 e. The van der Waals surface area contributed by atoms with E-state index in [-0.39, 0.29) is 0 Å². The Bertz CT molecular complexity index is 291. The van der Waals surface area contributed by atoms with Crippen molar-refractivity contribution >= 4 is 23.3 Å². The molecule has 3 nitrogen and oxygen atoms in total. The quantitative estimate of drug-likeness (QED) is 0.790. The lowest BCUT2D eigenvalue weighted by atomic mass is 10.1. The zero-order valence-electron chi connectivity index (χ0n) is 7.20. The molecule has 0 fully saturated rings. The van der Waals surface area contributed by atoms with E-state index in [0.29, 0.717) is 5.75 Å². The number of hydrogen-bond donors (Lipinski definition) is 2. The molecule has 70 valence electrons. The van der Waals surface area contributed by atoms with Gasteiger partial charge in [-0.3, -0.25) is 0 Å². The molecule has 0 radical (unpaired) electrons. The minimum atomic E-state index is -1.76. The van der Waals surface area contributed by atoms with Gasteiger partial charge < -0.3 is 14.7 Å². The molecule has 1 aromatic rings. The third-order valence-corrected chi connectivity index (χ3v) is 2.13. The number of halogens is 1. The average Bonchev–Trinajstić information content (AvgIpc) is 2.07. The molecule has 13 heavy (non-hydrogen) atoms. The van der Waals surface area contributed by atoms with E-state index < -0.39 is 7.32 Å². The van der Waals surface area contributed by atoms with Crippen molar-refractivity contribution in [2.75, 3.05) is 0 Å². The van der Waals surface area contributed by atoms with Gasteiger partial charge in [0.2, 0.25) is 0 Å². The molecule has 0 heterocycles. The molecule has 0 aromatic heterocycles. The highest BCUT2D eigenvalue weighted by Crippen LogP contribution is 2.23. The van der Waals surface area contributed by atoms with Crippen LogP contribution in [0.1, 0.15) is 12.5 Å². The van der Waals surface area contributed by atoms with Crippen LogP contribution in [0.25, 0.3) is 0 Å². The lowest BCUT2D eigenvalue weighted by molar-refractivity contribution is 0.287. The largest absolute Gasteiger partial charge is 0.707 e. The zero-order valence-corrected chi connectivity index (χ0v) is 8.78. The first-order chi connectivity index (χ1) is 6.13. The van der Waals surface area contributed by atoms with Crippen molar-refractivity contribution in [1.29, 1.82) is 0 Å². The molecule has 0 aliphatic rings. The predicted octanol–water partition coefficient (Wildman–Crippen LogP) is 1.36. The second-order valence-electron chi connectivity index (χ2n) is 2.55. The van der Waals surface area contributed by atoms with Crippen LogP contribution in [0.2, 0.25) is 0 Å². The normalized spacial score (nSPS) is 9.85. The standard InChI is InChI=1S/C8H10BBrO3/c1-2-6-5-7(10)3-4-8(6)13-9(11)12/h3-5,11-12H,2H2,1H3. The molecule has 0 atom stereocenters. The van der Waals surface area contributed by atoms with Gasteiger partial charge in [0.15, 0.2) is 0 Å². The SMILES string of the molecule is CCc1cc(Br)ccc1OB(O)O. The highest BCUT2D eigenvalue weighted by Gasteiger charge is 2.13. The monoisotopic (exact) mass is 244 g/mol. The van der Waals surface area contributed by atoms with Crippen LogP contribution in [0.3, 0.4) is 0 Å². The summed E-state index contributed by atoms with van der Waals surface area (Å²) in [4.78, 5) is 0. The summed E-state index contributed by atoms with van der Waals surface area (Å²) >= 11 is 3.32. The van der Waals surface area contributed by atoms with Gasteiger partial charge in [0, 0.05) is 4.47 Å². The number of benzene rings is 1. The molecule has 0 aliphatic carbocycles. The Hall–Kier alpha value is -0.515. The van der Waals surface area contributed by atoms with E-state index >= 15 is 0 Å². The highest BCUT2D eigenvalue weighted by molar-refractivity contribution is 9.10. The number of hydrogen-bond acceptors (Lipinski definition) is 3. The molecular weight excluding hydrogens is 235 g/mol. The van der Waals surface area contributed by atoms with Crippen LogP contribution in [0, 0.1) is 0 Å². The van der Waals surface area contributed by atoms with Crippen LogP contribution in [0.5, 0.6) is 5.75 Å². The summed E-state index contributed by atoms with van der Waals surface area (Å²) in [6.45, 7) is 1.97. The summed E-state index contributed by atoms with van der Waals surface area (Å²) in [6, 6.07) is 5.37. The molecule has 0 spiro atoms. The van der Waals surface area contributed by atoms with Crippen molar-refractivity contribution in [3.05, 3.63) is 28.2 Å². The molecule has 0 unspecified atom stereocenters. The van der Waals surface area contributed by atoms with Crippen molar-refractivity contribution in [2.45, 2.75) is 13.3 Å². The third-order valence-electron chi connectivity index (χ3n) is 1.64. The predicted molar refractivity (Wildman–Crippen MR) is 54.3 cm³/mol.